The molecule has 0 unspecified atom stereocenters. The highest BCUT2D eigenvalue weighted by Gasteiger charge is 2.17. The van der Waals surface area contributed by atoms with Crippen molar-refractivity contribution in [1.29, 1.82) is 0 Å². The lowest BCUT2D eigenvalue weighted by atomic mass is 10.2. The molecule has 1 heterocycles. The van der Waals surface area contributed by atoms with Crippen molar-refractivity contribution in [1.82, 2.24) is 4.98 Å². The first-order chi connectivity index (χ1) is 9.90. The predicted octanol–water partition coefficient (Wildman–Crippen LogP) is 4.80. The number of methoxy groups -OCH3 is 1. The molecule has 0 radical (unpaired) electrons. The van der Waals surface area contributed by atoms with Gasteiger partial charge in [0.2, 0.25) is 0 Å². The first kappa shape index (κ1) is 16.4. The van der Waals surface area contributed by atoms with E-state index in [1.54, 1.807) is 31.1 Å². The Bertz CT molecular complexity index is 625. The summed E-state index contributed by atoms with van der Waals surface area (Å²) in [5.41, 5.74) is 0.841. The highest BCUT2D eigenvalue weighted by molar-refractivity contribution is 8.00. The zero-order valence-corrected chi connectivity index (χ0v) is 14.3. The van der Waals surface area contributed by atoms with E-state index in [0.29, 0.717) is 18.2 Å². The van der Waals surface area contributed by atoms with Gasteiger partial charge in [-0.3, -0.25) is 4.98 Å². The third-order valence-electron chi connectivity index (χ3n) is 2.72. The summed E-state index contributed by atoms with van der Waals surface area (Å²) >= 11 is 8.03. The summed E-state index contributed by atoms with van der Waals surface area (Å²) in [5, 5.41) is 1.66. The van der Waals surface area contributed by atoms with E-state index < -0.39 is 0 Å². The number of aromatic nitrogens is 1. The summed E-state index contributed by atoms with van der Waals surface area (Å²) in [7, 11) is 1.66. The largest absolute Gasteiger partial charge is 0.490 e. The highest BCUT2D eigenvalue weighted by atomic mass is 35.5. The van der Waals surface area contributed by atoms with Crippen molar-refractivity contribution in [3.63, 3.8) is 0 Å². The van der Waals surface area contributed by atoms with Crippen molar-refractivity contribution >= 4 is 34.3 Å². The maximum absolute atomic E-state index is 6.27. The van der Waals surface area contributed by atoms with Gasteiger partial charge in [0, 0.05) is 29.5 Å². The topological polar surface area (TPSA) is 31.4 Å². The molecule has 0 amide bonds. The molecule has 0 spiro atoms. The van der Waals surface area contributed by atoms with Crippen LogP contribution in [-0.2, 0) is 4.74 Å². The Kier molecular flexibility index (Phi) is 5.36. The summed E-state index contributed by atoms with van der Waals surface area (Å²) in [6.07, 6.45) is 1.71. The second kappa shape index (κ2) is 6.86. The van der Waals surface area contributed by atoms with Gasteiger partial charge < -0.3 is 9.47 Å². The first-order valence-corrected chi connectivity index (χ1v) is 7.99. The van der Waals surface area contributed by atoms with E-state index >= 15 is 0 Å². The number of hydrogen-bond donors (Lipinski definition) is 0. The molecule has 1 aromatic heterocycles. The molecule has 5 heteroatoms. The third-order valence-corrected chi connectivity index (χ3v) is 4.20. The molecule has 21 heavy (non-hydrogen) atoms. The summed E-state index contributed by atoms with van der Waals surface area (Å²) in [6.45, 7) is 7.59. The second-order valence-electron chi connectivity index (χ2n) is 5.66. The summed E-state index contributed by atoms with van der Waals surface area (Å²) in [4.78, 5) is 5.43. The smallest absolute Gasteiger partial charge is 0.135 e. The summed E-state index contributed by atoms with van der Waals surface area (Å²) in [5.74, 6) is 0.828. The molecule has 114 valence electrons. The van der Waals surface area contributed by atoms with Gasteiger partial charge in [0.15, 0.2) is 0 Å². The van der Waals surface area contributed by atoms with Gasteiger partial charge in [0.05, 0.1) is 22.0 Å². The fourth-order valence-electron chi connectivity index (χ4n) is 1.88. The molecule has 0 bridgehead atoms. The van der Waals surface area contributed by atoms with Gasteiger partial charge in [-0.1, -0.05) is 32.4 Å². The van der Waals surface area contributed by atoms with Gasteiger partial charge >= 0.3 is 0 Å². The molecule has 0 N–H and O–H groups in total. The zero-order valence-electron chi connectivity index (χ0n) is 12.8. The number of ether oxygens (including phenoxy) is 2. The molecule has 1 aromatic carbocycles. The van der Waals surface area contributed by atoms with Crippen molar-refractivity contribution < 1.29 is 9.47 Å². The Morgan fingerprint density at radius 3 is 2.67 bits per heavy atom. The Labute approximate surface area is 135 Å². The van der Waals surface area contributed by atoms with Crippen LogP contribution in [0, 0.1) is 0 Å². The van der Waals surface area contributed by atoms with Crippen LogP contribution in [0.15, 0.2) is 29.3 Å². The fourth-order valence-corrected chi connectivity index (χ4v) is 3.14. The SMILES string of the molecule is COCCOc1cc2nccc(Cl)c2cc1SC(C)(C)C. The number of pyridine rings is 1. The van der Waals surface area contributed by atoms with Crippen molar-refractivity contribution in [3.8, 4) is 5.75 Å². The van der Waals surface area contributed by atoms with Crippen LogP contribution in [0.3, 0.4) is 0 Å². The molecule has 3 nitrogen and oxygen atoms in total. The molecule has 0 fully saturated rings. The highest BCUT2D eigenvalue weighted by Crippen LogP contribution is 2.41. The van der Waals surface area contributed by atoms with Crippen LogP contribution in [0.2, 0.25) is 5.02 Å². The molecule has 0 aliphatic heterocycles. The number of hydrogen-bond acceptors (Lipinski definition) is 4. The van der Waals surface area contributed by atoms with Crippen LogP contribution in [0.4, 0.5) is 0 Å². The molecule has 0 aliphatic carbocycles. The predicted molar refractivity (Wildman–Crippen MR) is 89.7 cm³/mol. The van der Waals surface area contributed by atoms with Crippen LogP contribution in [-0.4, -0.2) is 30.1 Å². The van der Waals surface area contributed by atoms with Crippen molar-refractivity contribution in [2.45, 2.75) is 30.4 Å². The van der Waals surface area contributed by atoms with Gasteiger partial charge in [-0.25, -0.2) is 0 Å². The Hall–Kier alpha value is -0.970. The maximum atomic E-state index is 6.27. The van der Waals surface area contributed by atoms with Crippen LogP contribution < -0.4 is 4.74 Å². The van der Waals surface area contributed by atoms with E-state index in [-0.39, 0.29) is 4.75 Å². The van der Waals surface area contributed by atoms with Crippen LogP contribution in [0.1, 0.15) is 20.8 Å². The minimum atomic E-state index is 0.0850. The van der Waals surface area contributed by atoms with Gasteiger partial charge in [-0.05, 0) is 12.1 Å². The number of halogens is 1. The van der Waals surface area contributed by atoms with E-state index in [2.05, 4.69) is 31.8 Å². The number of rotatable bonds is 5. The quantitative estimate of drug-likeness (QED) is 0.583. The molecule has 0 saturated carbocycles. The molecule has 2 rings (SSSR count). The Morgan fingerprint density at radius 1 is 1.24 bits per heavy atom. The minimum absolute atomic E-state index is 0.0850. The monoisotopic (exact) mass is 325 g/mol. The fraction of sp³-hybridized carbons (Fsp3) is 0.438. The first-order valence-electron chi connectivity index (χ1n) is 6.80. The lowest BCUT2D eigenvalue weighted by molar-refractivity contribution is 0.145. The van der Waals surface area contributed by atoms with Gasteiger partial charge in [-0.2, -0.15) is 0 Å². The number of benzene rings is 1. The van der Waals surface area contributed by atoms with Crippen LogP contribution in [0.25, 0.3) is 10.9 Å². The van der Waals surface area contributed by atoms with E-state index in [1.165, 1.54) is 0 Å². The lowest BCUT2D eigenvalue weighted by Crippen LogP contribution is -2.09. The Morgan fingerprint density at radius 2 is 2.00 bits per heavy atom. The van der Waals surface area contributed by atoms with E-state index in [4.69, 9.17) is 21.1 Å². The van der Waals surface area contributed by atoms with Gasteiger partial charge in [-0.15, -0.1) is 11.8 Å². The second-order valence-corrected chi connectivity index (χ2v) is 7.94. The van der Waals surface area contributed by atoms with E-state index in [1.807, 2.05) is 6.07 Å². The number of nitrogens with zero attached hydrogens (tertiary/aromatic N) is 1. The molecular formula is C16H20ClNO2S. The minimum Gasteiger partial charge on any atom is -0.490 e. The number of fused-ring (bicyclic) bond motifs is 1. The Balaban J connectivity index is 2.44. The normalized spacial score (nSPS) is 11.9. The van der Waals surface area contributed by atoms with E-state index in [9.17, 15) is 0 Å². The van der Waals surface area contributed by atoms with Crippen molar-refractivity contribution in [2.24, 2.45) is 0 Å². The van der Waals surface area contributed by atoms with Crippen LogP contribution in [0.5, 0.6) is 5.75 Å². The molecule has 0 saturated heterocycles. The van der Waals surface area contributed by atoms with Gasteiger partial charge in [0.25, 0.3) is 0 Å². The van der Waals surface area contributed by atoms with Crippen molar-refractivity contribution in [3.05, 3.63) is 29.4 Å². The molecule has 0 aliphatic rings. The molecule has 2 aromatic rings. The average Bonchev–Trinajstić information content (AvgIpc) is 2.39. The average molecular weight is 326 g/mol. The molecular weight excluding hydrogens is 306 g/mol. The zero-order chi connectivity index (χ0) is 15.5. The standard InChI is InChI=1S/C16H20ClNO2S/c1-16(2,3)21-15-9-11-12(17)5-6-18-13(11)10-14(15)20-8-7-19-4/h5-6,9-10H,7-8H2,1-4H3. The van der Waals surface area contributed by atoms with Gasteiger partial charge in [0.1, 0.15) is 12.4 Å². The maximum Gasteiger partial charge on any atom is 0.135 e. The summed E-state index contributed by atoms with van der Waals surface area (Å²) in [6, 6.07) is 5.81. The van der Waals surface area contributed by atoms with E-state index in [0.717, 1.165) is 21.5 Å². The molecule has 0 atom stereocenters. The summed E-state index contributed by atoms with van der Waals surface area (Å²) < 4.78 is 11.0. The lowest BCUT2D eigenvalue weighted by Gasteiger charge is -2.20. The van der Waals surface area contributed by atoms with Crippen LogP contribution >= 0.6 is 23.4 Å². The third kappa shape index (κ3) is 4.50. The van der Waals surface area contributed by atoms with Crippen molar-refractivity contribution in [2.75, 3.05) is 20.3 Å². The number of thioether (sulfide) groups is 1.